The van der Waals surface area contributed by atoms with Crippen LogP contribution in [0.3, 0.4) is 0 Å². The Morgan fingerprint density at radius 3 is 2.54 bits per heavy atom. The molecule has 0 saturated carbocycles. The molecule has 1 aromatic heterocycles. The van der Waals surface area contributed by atoms with E-state index in [1.54, 1.807) is 30.2 Å². The molecule has 7 nitrogen and oxygen atoms in total. The third kappa shape index (κ3) is 4.24. The summed E-state index contributed by atoms with van der Waals surface area (Å²) in [6, 6.07) is 12.8. The number of rotatable bonds is 4. The van der Waals surface area contributed by atoms with Crippen LogP contribution in [0, 0.1) is 0 Å². The molecule has 0 bridgehead atoms. The summed E-state index contributed by atoms with van der Waals surface area (Å²) in [5, 5.41) is 6.64. The molecule has 0 N–H and O–H groups in total. The lowest BCUT2D eigenvalue weighted by atomic mass is 9.98. The van der Waals surface area contributed by atoms with E-state index in [0.29, 0.717) is 47.4 Å². The first-order valence-corrected chi connectivity index (χ1v) is 14.1. The van der Waals surface area contributed by atoms with Gasteiger partial charge in [0.05, 0.1) is 35.9 Å². The van der Waals surface area contributed by atoms with Gasteiger partial charge in [0, 0.05) is 30.1 Å². The fourth-order valence-electron chi connectivity index (χ4n) is 4.80. The second-order valence-electron chi connectivity index (χ2n) is 8.88. The van der Waals surface area contributed by atoms with E-state index in [9.17, 15) is 9.59 Å². The van der Waals surface area contributed by atoms with E-state index in [4.69, 9.17) is 33.0 Å². The predicted molar refractivity (Wildman–Crippen MR) is 137 cm³/mol. The number of carbonyl (C=O) groups excluding carboxylic acids is 2. The third-order valence-corrected chi connectivity index (χ3v) is 9.95. The maximum Gasteiger partial charge on any atom is 0.264 e. The summed E-state index contributed by atoms with van der Waals surface area (Å²) in [4.78, 5) is 28.9. The first-order valence-electron chi connectivity index (χ1n) is 11.4. The van der Waals surface area contributed by atoms with Gasteiger partial charge < -0.3 is 14.2 Å². The molecular formula is C25H25Cl2N4O3Si. The number of fused-ring (bicyclic) bond motifs is 3. The van der Waals surface area contributed by atoms with Crippen LogP contribution < -0.4 is 9.92 Å². The van der Waals surface area contributed by atoms with Crippen LogP contribution in [0.25, 0.3) is 0 Å². The monoisotopic (exact) mass is 527 g/mol. The van der Waals surface area contributed by atoms with Crippen LogP contribution in [0.4, 0.5) is 0 Å². The Morgan fingerprint density at radius 2 is 1.86 bits per heavy atom. The molecule has 35 heavy (non-hydrogen) atoms. The van der Waals surface area contributed by atoms with Crippen molar-refractivity contribution in [2.45, 2.75) is 39.0 Å². The Morgan fingerprint density at radius 1 is 1.11 bits per heavy atom. The molecule has 2 amide bonds. The average Bonchev–Trinajstić information content (AvgIpc) is 3.22. The van der Waals surface area contributed by atoms with Gasteiger partial charge in [0.1, 0.15) is 11.4 Å². The molecule has 0 aliphatic carbocycles. The summed E-state index contributed by atoms with van der Waals surface area (Å²) < 4.78 is 9.07. The molecule has 3 aromatic rings. The van der Waals surface area contributed by atoms with E-state index in [-0.39, 0.29) is 17.9 Å². The van der Waals surface area contributed by atoms with Crippen molar-refractivity contribution >= 4 is 49.2 Å². The van der Waals surface area contributed by atoms with Crippen molar-refractivity contribution < 1.29 is 14.3 Å². The maximum atomic E-state index is 13.7. The van der Waals surface area contributed by atoms with Crippen molar-refractivity contribution in [2.24, 2.45) is 0 Å². The van der Waals surface area contributed by atoms with Gasteiger partial charge in [-0.2, -0.15) is 5.10 Å². The second-order valence-corrected chi connectivity index (χ2v) is 12.0. The van der Waals surface area contributed by atoms with Gasteiger partial charge >= 0.3 is 0 Å². The molecule has 0 saturated heterocycles. The van der Waals surface area contributed by atoms with E-state index in [2.05, 4.69) is 6.55 Å². The quantitative estimate of drug-likeness (QED) is 0.484. The number of hydrogen-bond acceptors (Lipinski definition) is 4. The van der Waals surface area contributed by atoms with Crippen molar-refractivity contribution in [3.8, 4) is 5.75 Å². The number of methoxy groups -OCH3 is 1. The number of hydrogen-bond donors (Lipinski definition) is 0. The summed E-state index contributed by atoms with van der Waals surface area (Å²) in [6.45, 7) is 5.72. The van der Waals surface area contributed by atoms with E-state index >= 15 is 0 Å². The molecule has 5 rings (SSSR count). The number of benzene rings is 2. The predicted octanol–water partition coefficient (Wildman–Crippen LogP) is 3.77. The lowest BCUT2D eigenvalue weighted by molar-refractivity contribution is 0.0652. The highest BCUT2D eigenvalue weighted by atomic mass is 35.5. The second kappa shape index (κ2) is 9.33. The van der Waals surface area contributed by atoms with Crippen LogP contribution >= 0.6 is 23.2 Å². The van der Waals surface area contributed by atoms with Crippen molar-refractivity contribution in [2.75, 3.05) is 13.7 Å². The molecule has 0 fully saturated rings. The maximum absolute atomic E-state index is 13.7. The Labute approximate surface area is 215 Å². The smallest absolute Gasteiger partial charge is 0.264 e. The van der Waals surface area contributed by atoms with Gasteiger partial charge in [-0.1, -0.05) is 35.3 Å². The van der Waals surface area contributed by atoms with Gasteiger partial charge in [-0.3, -0.25) is 14.3 Å². The van der Waals surface area contributed by atoms with Crippen molar-refractivity contribution in [1.82, 2.24) is 19.2 Å². The molecule has 2 aliphatic rings. The molecule has 2 aliphatic heterocycles. The zero-order chi connectivity index (χ0) is 24.9. The van der Waals surface area contributed by atoms with E-state index in [1.165, 1.54) is 0 Å². The highest BCUT2D eigenvalue weighted by Crippen LogP contribution is 2.31. The van der Waals surface area contributed by atoms with Crippen molar-refractivity contribution in [1.29, 1.82) is 0 Å². The van der Waals surface area contributed by atoms with Gasteiger partial charge in [-0.05, 0) is 49.0 Å². The Kier molecular flexibility index (Phi) is 6.37. The average molecular weight is 528 g/mol. The summed E-state index contributed by atoms with van der Waals surface area (Å²) in [6.07, 6.45) is 0.595. The summed E-state index contributed by atoms with van der Waals surface area (Å²) in [5.74, 6) is 0.635. The van der Waals surface area contributed by atoms with Crippen LogP contribution in [-0.2, 0) is 19.5 Å². The minimum absolute atomic E-state index is 0.0197. The number of halogens is 2. The van der Waals surface area contributed by atoms with Gasteiger partial charge in [0.2, 0.25) is 8.96 Å². The highest BCUT2D eigenvalue weighted by molar-refractivity contribution is 6.71. The first-order chi connectivity index (χ1) is 16.8. The van der Waals surface area contributed by atoms with Crippen LogP contribution in [0.1, 0.15) is 39.0 Å². The van der Waals surface area contributed by atoms with Gasteiger partial charge in [0.15, 0.2) is 0 Å². The summed E-state index contributed by atoms with van der Waals surface area (Å²) in [5.41, 5.74) is 2.82. The number of carbonyl (C=O) groups is 2. The summed E-state index contributed by atoms with van der Waals surface area (Å²) in [7, 11) is 0.342. The number of ether oxygens (including phenoxy) is 1. The highest BCUT2D eigenvalue weighted by Gasteiger charge is 2.39. The fraction of sp³-hybridized carbons (Fsp3) is 0.320. The van der Waals surface area contributed by atoms with E-state index in [0.717, 1.165) is 22.2 Å². The standard InChI is InChI=1S/C25H25Cl2N4O3Si/c1-15-12-22-19(14-29(15)24(32)16-4-9-20(26)21(27)13-16)23-25(33)31(11-10-30(23)28-22)35(3)18-7-5-17(34-2)6-8-18/h4-9,13,15H,10-12,14H2,1-3H3/t15-/m1/s1. The van der Waals surface area contributed by atoms with Crippen LogP contribution in [-0.4, -0.2) is 59.7 Å². The normalized spacial score (nSPS) is 17.4. The molecule has 0 spiro atoms. The van der Waals surface area contributed by atoms with Gasteiger partial charge in [0.25, 0.3) is 11.8 Å². The van der Waals surface area contributed by atoms with Crippen LogP contribution in [0.5, 0.6) is 5.75 Å². The topological polar surface area (TPSA) is 67.7 Å². The van der Waals surface area contributed by atoms with E-state index < -0.39 is 8.96 Å². The number of aromatic nitrogens is 2. The van der Waals surface area contributed by atoms with Gasteiger partial charge in [-0.25, -0.2) is 0 Å². The Hall–Kier alpha value is -2.81. The first kappa shape index (κ1) is 23.9. The van der Waals surface area contributed by atoms with Crippen LogP contribution in [0.2, 0.25) is 16.6 Å². The Bertz CT molecular complexity index is 1310. The van der Waals surface area contributed by atoms with Crippen LogP contribution in [0.15, 0.2) is 42.5 Å². The molecule has 2 aromatic carbocycles. The third-order valence-electron chi connectivity index (χ3n) is 6.81. The van der Waals surface area contributed by atoms with Crippen molar-refractivity contribution in [3.05, 3.63) is 75.0 Å². The SMILES string of the molecule is COc1ccc([Si](C)N2CCn3nc4c(c3C2=O)CN(C(=O)c2ccc(Cl)c(Cl)c2)[C@H](C)C4)cc1. The molecule has 0 unspecified atom stereocenters. The van der Waals surface area contributed by atoms with E-state index in [1.807, 2.05) is 40.4 Å². The Balaban J connectivity index is 1.43. The fourth-order valence-corrected chi connectivity index (χ4v) is 6.90. The minimum Gasteiger partial charge on any atom is -0.497 e. The molecule has 3 heterocycles. The molecule has 10 heteroatoms. The minimum atomic E-state index is -1.30. The molecule has 181 valence electrons. The molecule has 1 radical (unpaired) electrons. The number of amides is 2. The largest absolute Gasteiger partial charge is 0.497 e. The molecule has 1 atom stereocenters. The number of nitrogens with zero attached hydrogens (tertiary/aromatic N) is 4. The lowest BCUT2D eigenvalue weighted by Gasteiger charge is -2.35. The van der Waals surface area contributed by atoms with Crippen molar-refractivity contribution in [3.63, 3.8) is 0 Å². The van der Waals surface area contributed by atoms with Gasteiger partial charge in [-0.15, -0.1) is 0 Å². The molecular weight excluding hydrogens is 503 g/mol. The zero-order valence-electron chi connectivity index (χ0n) is 19.7. The summed E-state index contributed by atoms with van der Waals surface area (Å²) >= 11 is 12.2. The zero-order valence-corrected chi connectivity index (χ0v) is 22.2. The lowest BCUT2D eigenvalue weighted by Crippen LogP contribution is -2.53.